The van der Waals surface area contributed by atoms with E-state index in [0.717, 1.165) is 5.69 Å². The number of carbonyl (C=O) groups excluding carboxylic acids is 2. The third-order valence-electron chi connectivity index (χ3n) is 4.78. The van der Waals surface area contributed by atoms with Crippen molar-refractivity contribution >= 4 is 17.8 Å². The number of nitrogens with zero attached hydrogens (tertiary/aromatic N) is 4. The number of carbonyl (C=O) groups is 3. The Kier molecular flexibility index (Phi) is 6.23. The van der Waals surface area contributed by atoms with Gasteiger partial charge in [-0.05, 0) is 26.7 Å². The molecule has 0 aromatic carbocycles. The number of carboxylic acids is 1. The third-order valence-corrected chi connectivity index (χ3v) is 4.78. The molecule has 0 radical (unpaired) electrons. The molecule has 1 aliphatic heterocycles. The summed E-state index contributed by atoms with van der Waals surface area (Å²) in [7, 11) is 3.35. The van der Waals surface area contributed by atoms with Crippen molar-refractivity contribution in [1.29, 1.82) is 0 Å². The van der Waals surface area contributed by atoms with Crippen molar-refractivity contribution < 1.29 is 24.2 Å². The van der Waals surface area contributed by atoms with Crippen LogP contribution in [0.15, 0.2) is 0 Å². The van der Waals surface area contributed by atoms with E-state index in [1.54, 1.807) is 30.6 Å². The van der Waals surface area contributed by atoms with Gasteiger partial charge >= 0.3 is 5.97 Å². The lowest BCUT2D eigenvalue weighted by molar-refractivity contribution is -0.146. The van der Waals surface area contributed by atoms with Crippen LogP contribution in [0.1, 0.15) is 24.2 Å². The maximum atomic E-state index is 12.3. The van der Waals surface area contributed by atoms with E-state index in [9.17, 15) is 14.4 Å². The van der Waals surface area contributed by atoms with Crippen LogP contribution >= 0.6 is 0 Å². The summed E-state index contributed by atoms with van der Waals surface area (Å²) in [6.07, 6.45) is 0.892. The largest absolute Gasteiger partial charge is 0.481 e. The lowest BCUT2D eigenvalue weighted by atomic mass is 9.97. The van der Waals surface area contributed by atoms with E-state index in [-0.39, 0.29) is 25.0 Å². The first kappa shape index (κ1) is 19.7. The molecule has 1 saturated heterocycles. The number of ether oxygens (including phenoxy) is 1. The normalized spacial score (nSPS) is 15.0. The van der Waals surface area contributed by atoms with Crippen LogP contribution in [0.25, 0.3) is 0 Å². The maximum Gasteiger partial charge on any atom is 0.306 e. The molecule has 2 amide bonds. The van der Waals surface area contributed by atoms with E-state index in [1.165, 1.54) is 4.90 Å². The van der Waals surface area contributed by atoms with Crippen molar-refractivity contribution in [2.24, 2.45) is 13.0 Å². The average Bonchev–Trinajstić information content (AvgIpc) is 2.84. The van der Waals surface area contributed by atoms with Crippen LogP contribution < -0.4 is 4.74 Å². The van der Waals surface area contributed by atoms with Gasteiger partial charge in [-0.1, -0.05) is 0 Å². The smallest absolute Gasteiger partial charge is 0.306 e. The second kappa shape index (κ2) is 8.20. The summed E-state index contributed by atoms with van der Waals surface area (Å²) < 4.78 is 7.26. The number of hydrogen-bond acceptors (Lipinski definition) is 5. The Labute approximate surface area is 152 Å². The molecule has 2 heterocycles. The summed E-state index contributed by atoms with van der Waals surface area (Å²) in [5, 5.41) is 13.2. The van der Waals surface area contributed by atoms with E-state index in [4.69, 9.17) is 9.84 Å². The number of likely N-dealkylation sites (tertiary alicyclic amines) is 1. The molecule has 0 bridgehead atoms. The van der Waals surface area contributed by atoms with Crippen LogP contribution in [0.3, 0.4) is 0 Å². The molecule has 1 aromatic heterocycles. The highest BCUT2D eigenvalue weighted by Crippen LogP contribution is 2.21. The molecule has 0 unspecified atom stereocenters. The fraction of sp³-hybridized carbons (Fsp3) is 0.647. The van der Waals surface area contributed by atoms with Crippen LogP contribution in [0.5, 0.6) is 5.75 Å². The number of amides is 2. The van der Waals surface area contributed by atoms with E-state index in [1.807, 2.05) is 6.92 Å². The molecule has 1 fully saturated rings. The predicted molar refractivity (Wildman–Crippen MR) is 92.8 cm³/mol. The lowest BCUT2D eigenvalue weighted by Crippen LogP contribution is -2.46. The monoisotopic (exact) mass is 366 g/mol. The van der Waals surface area contributed by atoms with E-state index >= 15 is 0 Å². The van der Waals surface area contributed by atoms with Crippen LogP contribution in [0, 0.1) is 19.8 Å². The molecule has 1 N–H and O–H groups in total. The fourth-order valence-corrected chi connectivity index (χ4v) is 2.97. The average molecular weight is 366 g/mol. The number of rotatable bonds is 6. The molecule has 0 spiro atoms. The van der Waals surface area contributed by atoms with Gasteiger partial charge in [0, 0.05) is 27.2 Å². The van der Waals surface area contributed by atoms with Gasteiger partial charge in [-0.15, -0.1) is 0 Å². The number of aromatic nitrogens is 2. The highest BCUT2D eigenvalue weighted by atomic mass is 16.5. The highest BCUT2D eigenvalue weighted by Gasteiger charge is 2.28. The Morgan fingerprint density at radius 2 is 1.88 bits per heavy atom. The Bertz CT molecular complexity index is 692. The van der Waals surface area contributed by atoms with Crippen LogP contribution in [0.4, 0.5) is 0 Å². The number of aryl methyl sites for hydroxylation is 2. The second-order valence-corrected chi connectivity index (χ2v) is 6.66. The lowest BCUT2D eigenvalue weighted by Gasteiger charge is -2.31. The fourth-order valence-electron chi connectivity index (χ4n) is 2.97. The first-order chi connectivity index (χ1) is 12.2. The summed E-state index contributed by atoms with van der Waals surface area (Å²) in [5.74, 6) is -1.11. The summed E-state index contributed by atoms with van der Waals surface area (Å²) in [6, 6.07) is 0. The minimum absolute atomic E-state index is 0.0507. The van der Waals surface area contributed by atoms with Gasteiger partial charge in [0.1, 0.15) is 5.69 Å². The van der Waals surface area contributed by atoms with E-state index < -0.39 is 11.9 Å². The summed E-state index contributed by atoms with van der Waals surface area (Å²) in [4.78, 5) is 38.4. The quantitative estimate of drug-likeness (QED) is 0.771. The Balaban J connectivity index is 1.81. The second-order valence-electron chi connectivity index (χ2n) is 6.66. The van der Waals surface area contributed by atoms with Gasteiger partial charge in [0.25, 0.3) is 5.91 Å². The molecular formula is C17H26N4O5. The van der Waals surface area contributed by atoms with E-state index in [0.29, 0.717) is 37.4 Å². The SMILES string of the molecule is Cc1nn(C)c(C)c1OCC(=O)N(C)CC(=O)N1CCC(C(=O)O)CC1. The highest BCUT2D eigenvalue weighted by molar-refractivity contribution is 5.85. The molecule has 9 heteroatoms. The van der Waals surface area contributed by atoms with Gasteiger partial charge in [-0.25, -0.2) is 0 Å². The zero-order valence-electron chi connectivity index (χ0n) is 15.7. The number of likely N-dealkylation sites (N-methyl/N-ethyl adjacent to an activating group) is 1. The molecule has 2 rings (SSSR count). The Morgan fingerprint density at radius 1 is 1.27 bits per heavy atom. The predicted octanol–water partition coefficient (Wildman–Crippen LogP) is 0.197. The van der Waals surface area contributed by atoms with Crippen LogP contribution in [-0.4, -0.2) is 75.8 Å². The standard InChI is InChI=1S/C17H26N4O5/c1-11-16(12(2)20(4)18-11)26-10-15(23)19(3)9-14(22)21-7-5-13(6-8-21)17(24)25/h13H,5-10H2,1-4H3,(H,24,25). The number of aliphatic carboxylic acids is 1. The molecule has 1 aliphatic rings. The first-order valence-electron chi connectivity index (χ1n) is 8.58. The molecule has 9 nitrogen and oxygen atoms in total. The van der Waals surface area contributed by atoms with Crippen molar-refractivity contribution in [2.45, 2.75) is 26.7 Å². The third kappa shape index (κ3) is 4.53. The van der Waals surface area contributed by atoms with Crippen LogP contribution in [0.2, 0.25) is 0 Å². The minimum Gasteiger partial charge on any atom is -0.481 e. The maximum absolute atomic E-state index is 12.3. The topological polar surface area (TPSA) is 105 Å². The Morgan fingerprint density at radius 3 is 2.38 bits per heavy atom. The number of carboxylic acid groups (broad SMARTS) is 1. The van der Waals surface area contributed by atoms with Gasteiger partial charge in [0.15, 0.2) is 12.4 Å². The molecule has 26 heavy (non-hydrogen) atoms. The Hall–Kier alpha value is -2.58. The number of piperidine rings is 1. The number of hydrogen-bond donors (Lipinski definition) is 1. The van der Waals surface area contributed by atoms with Gasteiger partial charge in [0.05, 0.1) is 18.2 Å². The van der Waals surface area contributed by atoms with Gasteiger partial charge in [-0.3, -0.25) is 19.1 Å². The van der Waals surface area contributed by atoms with E-state index in [2.05, 4.69) is 5.10 Å². The van der Waals surface area contributed by atoms with Crippen molar-refractivity contribution in [1.82, 2.24) is 19.6 Å². The minimum atomic E-state index is -0.817. The van der Waals surface area contributed by atoms with Crippen molar-refractivity contribution in [3.63, 3.8) is 0 Å². The molecule has 0 atom stereocenters. The van der Waals surface area contributed by atoms with Gasteiger partial charge in [-0.2, -0.15) is 5.10 Å². The summed E-state index contributed by atoms with van der Waals surface area (Å²) in [6.45, 7) is 4.25. The molecule has 0 saturated carbocycles. The first-order valence-corrected chi connectivity index (χ1v) is 8.58. The van der Waals surface area contributed by atoms with Gasteiger partial charge in [0.2, 0.25) is 5.91 Å². The zero-order chi connectivity index (χ0) is 19.4. The van der Waals surface area contributed by atoms with Crippen molar-refractivity contribution in [3.8, 4) is 5.75 Å². The molecule has 1 aromatic rings. The summed E-state index contributed by atoms with van der Waals surface area (Å²) >= 11 is 0. The molecule has 0 aliphatic carbocycles. The van der Waals surface area contributed by atoms with Gasteiger partial charge < -0.3 is 19.6 Å². The van der Waals surface area contributed by atoms with Crippen molar-refractivity contribution in [2.75, 3.05) is 33.3 Å². The van der Waals surface area contributed by atoms with Crippen LogP contribution in [-0.2, 0) is 21.4 Å². The summed E-state index contributed by atoms with van der Waals surface area (Å²) in [5.41, 5.74) is 1.54. The van der Waals surface area contributed by atoms with Crippen molar-refractivity contribution in [3.05, 3.63) is 11.4 Å². The zero-order valence-corrected chi connectivity index (χ0v) is 15.7. The molecular weight excluding hydrogens is 340 g/mol. The molecule has 144 valence electrons.